The molecule has 0 bridgehead atoms. The molecule has 0 nitrogen and oxygen atoms in total. The topological polar surface area (TPSA) is 0 Å². The van der Waals surface area contributed by atoms with Crippen molar-refractivity contribution in [3.8, 4) is 0 Å². The zero-order chi connectivity index (χ0) is 11.4. The molecule has 0 saturated carbocycles. The summed E-state index contributed by atoms with van der Waals surface area (Å²) in [4.78, 5) is 0. The monoisotopic (exact) mass is 224 g/mol. The van der Waals surface area contributed by atoms with Crippen molar-refractivity contribution in [2.45, 2.75) is 83.3 Å². The third-order valence-electron chi connectivity index (χ3n) is 3.27. The fraction of sp³-hybridized carbons (Fsp3) is 1.00. The number of unbranched alkanes of at least 4 members (excludes halogenated alkanes) is 6. The fourth-order valence-electron chi connectivity index (χ4n) is 2.10. The molecule has 0 spiro atoms. The second-order valence-corrected chi connectivity index (χ2v) is 5.27. The summed E-state index contributed by atoms with van der Waals surface area (Å²) in [5.41, 5.74) is 0. The van der Waals surface area contributed by atoms with Crippen molar-refractivity contribution in [2.24, 2.45) is 5.92 Å². The molecule has 0 heterocycles. The zero-order valence-corrected chi connectivity index (χ0v) is 12.1. The van der Waals surface area contributed by atoms with E-state index in [0.29, 0.717) is 0 Å². The van der Waals surface area contributed by atoms with Gasteiger partial charge in [-0.05, 0) is 0 Å². The molecule has 0 amide bonds. The van der Waals surface area contributed by atoms with Gasteiger partial charge in [0.15, 0.2) is 0 Å². The van der Waals surface area contributed by atoms with Crippen LogP contribution in [0.4, 0.5) is 0 Å². The Labute approximate surface area is 106 Å². The van der Waals surface area contributed by atoms with Crippen LogP contribution in [0.25, 0.3) is 0 Å². The van der Waals surface area contributed by atoms with E-state index in [1.165, 1.54) is 69.5 Å². The second-order valence-electron chi connectivity index (χ2n) is 4.80. The Kier molecular flexibility index (Phi) is 13.0. The molecule has 15 heavy (non-hydrogen) atoms. The summed E-state index contributed by atoms with van der Waals surface area (Å²) < 4.78 is 0. The number of hydrogen-bond donors (Lipinski definition) is 0. The van der Waals surface area contributed by atoms with E-state index in [-0.39, 0.29) is 0 Å². The summed E-state index contributed by atoms with van der Waals surface area (Å²) in [6.45, 7) is 4.58. The summed E-state index contributed by atoms with van der Waals surface area (Å²) in [7, 11) is 0. The SMILES string of the molecule is CCCCCCCC([CH2][Al+2])CCCCC. The molecule has 0 aromatic heterocycles. The third kappa shape index (κ3) is 10.8. The third-order valence-corrected chi connectivity index (χ3v) is 3.93. The summed E-state index contributed by atoms with van der Waals surface area (Å²) in [6.07, 6.45) is 14.3. The maximum absolute atomic E-state index is 2.94. The summed E-state index contributed by atoms with van der Waals surface area (Å²) in [5, 5.41) is 1.32. The van der Waals surface area contributed by atoms with Crippen molar-refractivity contribution < 1.29 is 0 Å². The summed E-state index contributed by atoms with van der Waals surface area (Å²) in [6, 6.07) is 0. The van der Waals surface area contributed by atoms with Gasteiger partial charge in [0.2, 0.25) is 0 Å². The van der Waals surface area contributed by atoms with E-state index in [4.69, 9.17) is 0 Å². The first-order valence-corrected chi connectivity index (χ1v) is 7.86. The van der Waals surface area contributed by atoms with Crippen LogP contribution in [-0.4, -0.2) is 16.3 Å². The van der Waals surface area contributed by atoms with Gasteiger partial charge in [-0.1, -0.05) is 0 Å². The Balaban J connectivity index is 3.28. The van der Waals surface area contributed by atoms with Gasteiger partial charge in [-0.25, -0.2) is 0 Å². The van der Waals surface area contributed by atoms with Gasteiger partial charge in [-0.3, -0.25) is 0 Å². The molecular formula is C14H29Al+2. The molecular weight excluding hydrogens is 195 g/mol. The Morgan fingerprint density at radius 1 is 0.733 bits per heavy atom. The van der Waals surface area contributed by atoms with E-state index in [9.17, 15) is 0 Å². The average molecular weight is 224 g/mol. The Bertz CT molecular complexity index is 112. The summed E-state index contributed by atoms with van der Waals surface area (Å²) in [5.74, 6) is 0.989. The van der Waals surface area contributed by atoms with E-state index in [1.807, 2.05) is 0 Å². The number of hydrogen-bond acceptors (Lipinski definition) is 0. The van der Waals surface area contributed by atoms with E-state index < -0.39 is 0 Å². The molecule has 0 radical (unpaired) electrons. The molecule has 0 saturated heterocycles. The van der Waals surface area contributed by atoms with Gasteiger partial charge in [0.05, 0.1) is 0 Å². The van der Waals surface area contributed by atoms with Crippen molar-refractivity contribution in [3.05, 3.63) is 0 Å². The molecule has 0 aliphatic heterocycles. The van der Waals surface area contributed by atoms with Crippen LogP contribution in [0, 0.1) is 5.92 Å². The molecule has 1 unspecified atom stereocenters. The van der Waals surface area contributed by atoms with Gasteiger partial charge in [-0.15, -0.1) is 0 Å². The van der Waals surface area contributed by atoms with E-state index in [2.05, 4.69) is 30.1 Å². The molecule has 0 aliphatic carbocycles. The van der Waals surface area contributed by atoms with Gasteiger partial charge in [-0.2, -0.15) is 0 Å². The van der Waals surface area contributed by atoms with Gasteiger partial charge in [0.1, 0.15) is 0 Å². The first-order valence-electron chi connectivity index (χ1n) is 7.05. The molecule has 86 valence electrons. The predicted octanol–water partition coefficient (Wildman–Crippen LogP) is 5.13. The van der Waals surface area contributed by atoms with Crippen molar-refractivity contribution in [3.63, 3.8) is 0 Å². The fourth-order valence-corrected chi connectivity index (χ4v) is 2.57. The summed E-state index contributed by atoms with van der Waals surface area (Å²) >= 11 is 2.94. The predicted molar refractivity (Wildman–Crippen MR) is 71.6 cm³/mol. The minimum atomic E-state index is 0.989. The molecule has 0 aliphatic rings. The maximum atomic E-state index is 2.94. The van der Waals surface area contributed by atoms with Crippen LogP contribution in [0.3, 0.4) is 0 Å². The zero-order valence-electron chi connectivity index (χ0n) is 10.9. The van der Waals surface area contributed by atoms with Crippen molar-refractivity contribution in [1.29, 1.82) is 0 Å². The van der Waals surface area contributed by atoms with Gasteiger partial charge in [0.25, 0.3) is 0 Å². The van der Waals surface area contributed by atoms with Crippen LogP contribution in [0.5, 0.6) is 0 Å². The van der Waals surface area contributed by atoms with Gasteiger partial charge < -0.3 is 0 Å². The molecule has 0 rings (SSSR count). The second kappa shape index (κ2) is 12.6. The molecule has 0 aromatic carbocycles. The quantitative estimate of drug-likeness (QED) is 0.337. The molecule has 0 aromatic rings. The van der Waals surface area contributed by atoms with Crippen molar-refractivity contribution in [2.75, 3.05) is 0 Å². The van der Waals surface area contributed by atoms with Crippen molar-refractivity contribution >= 4 is 16.3 Å². The van der Waals surface area contributed by atoms with Gasteiger partial charge in [0, 0.05) is 0 Å². The minimum absolute atomic E-state index is 0.989. The Hall–Kier alpha value is 0.532. The van der Waals surface area contributed by atoms with Gasteiger partial charge >= 0.3 is 106 Å². The molecule has 1 atom stereocenters. The van der Waals surface area contributed by atoms with Crippen LogP contribution in [0.1, 0.15) is 78.1 Å². The molecule has 0 fully saturated rings. The van der Waals surface area contributed by atoms with E-state index >= 15 is 0 Å². The average Bonchev–Trinajstić information content (AvgIpc) is 2.26. The van der Waals surface area contributed by atoms with Crippen LogP contribution < -0.4 is 0 Å². The number of rotatable bonds is 11. The Morgan fingerprint density at radius 3 is 1.73 bits per heavy atom. The van der Waals surface area contributed by atoms with Crippen LogP contribution in [0.15, 0.2) is 0 Å². The first-order chi connectivity index (χ1) is 7.35. The van der Waals surface area contributed by atoms with Crippen LogP contribution in [0.2, 0.25) is 5.28 Å². The van der Waals surface area contributed by atoms with Crippen molar-refractivity contribution in [1.82, 2.24) is 0 Å². The molecule has 1 heteroatoms. The van der Waals surface area contributed by atoms with E-state index in [0.717, 1.165) is 5.92 Å². The van der Waals surface area contributed by atoms with Crippen LogP contribution >= 0.6 is 0 Å². The standard InChI is InChI=1S/C14H29.Al/c1-4-6-8-9-11-13-14(3)12-10-7-5-2;/h14H,3-13H2,1-2H3;/q;+2. The van der Waals surface area contributed by atoms with Crippen LogP contribution in [-0.2, 0) is 0 Å². The first kappa shape index (κ1) is 15.5. The normalized spacial score (nSPS) is 13.1. The Morgan fingerprint density at radius 2 is 1.20 bits per heavy atom. The van der Waals surface area contributed by atoms with E-state index in [1.54, 1.807) is 0 Å². The molecule has 0 N–H and O–H groups in total.